The van der Waals surface area contributed by atoms with Crippen LogP contribution < -0.4 is 5.32 Å². The fourth-order valence-electron chi connectivity index (χ4n) is 1.28. The number of aromatic nitrogens is 2. The van der Waals surface area contributed by atoms with E-state index in [2.05, 4.69) is 27.5 Å². The zero-order valence-corrected chi connectivity index (χ0v) is 8.76. The summed E-state index contributed by atoms with van der Waals surface area (Å²) in [6.07, 6.45) is 7.01. The van der Waals surface area contributed by atoms with Crippen LogP contribution in [0.25, 0.3) is 4.96 Å². The number of fused-ring (bicyclic) bond motifs is 1. The Morgan fingerprint density at radius 3 is 3.36 bits per heavy atom. The molecule has 0 saturated carbocycles. The molecule has 0 saturated heterocycles. The molecule has 0 unspecified atom stereocenters. The third kappa shape index (κ3) is 2.02. The average Bonchev–Trinajstić information content (AvgIpc) is 2.72. The summed E-state index contributed by atoms with van der Waals surface area (Å²) < 4.78 is 2.05. The Labute approximate surface area is 87.1 Å². The van der Waals surface area contributed by atoms with E-state index in [0.717, 1.165) is 30.2 Å². The maximum atomic E-state index is 4.46. The van der Waals surface area contributed by atoms with Gasteiger partial charge in [-0.05, 0) is 13.0 Å². The average molecular weight is 207 g/mol. The Morgan fingerprint density at radius 1 is 1.64 bits per heavy atom. The molecular formula is C10H13N3S. The number of imidazole rings is 1. The lowest BCUT2D eigenvalue weighted by Crippen LogP contribution is -2.14. The Kier molecular flexibility index (Phi) is 2.96. The Morgan fingerprint density at radius 2 is 2.57 bits per heavy atom. The van der Waals surface area contributed by atoms with Crippen molar-refractivity contribution < 1.29 is 0 Å². The molecule has 2 heterocycles. The first-order valence-electron chi connectivity index (χ1n) is 4.63. The summed E-state index contributed by atoms with van der Waals surface area (Å²) in [4.78, 5) is 5.52. The van der Waals surface area contributed by atoms with Gasteiger partial charge in [-0.15, -0.1) is 17.9 Å². The molecule has 0 aliphatic rings. The summed E-state index contributed by atoms with van der Waals surface area (Å²) in [5.41, 5.74) is 1.10. The van der Waals surface area contributed by atoms with E-state index in [1.807, 2.05) is 17.7 Å². The van der Waals surface area contributed by atoms with Crippen molar-refractivity contribution in [1.82, 2.24) is 14.7 Å². The van der Waals surface area contributed by atoms with Gasteiger partial charge in [-0.2, -0.15) is 0 Å². The largest absolute Gasteiger partial charge is 0.311 e. The van der Waals surface area contributed by atoms with E-state index >= 15 is 0 Å². The van der Waals surface area contributed by atoms with Crippen molar-refractivity contribution in [3.05, 3.63) is 36.1 Å². The standard InChI is InChI=1S/C10H13N3S/c1-2-3-4-11-7-9-8-13-5-6-14-10(13)12-9/h2,5-6,8,11H,1,3-4,7H2. The number of nitrogens with zero attached hydrogens (tertiary/aromatic N) is 2. The summed E-state index contributed by atoms with van der Waals surface area (Å²) in [7, 11) is 0. The highest BCUT2D eigenvalue weighted by atomic mass is 32.1. The van der Waals surface area contributed by atoms with Gasteiger partial charge in [0.05, 0.1) is 5.69 Å². The van der Waals surface area contributed by atoms with Crippen LogP contribution in [0.2, 0.25) is 0 Å². The third-order valence-corrected chi connectivity index (χ3v) is 2.75. The van der Waals surface area contributed by atoms with E-state index in [9.17, 15) is 0 Å². The molecule has 0 spiro atoms. The summed E-state index contributed by atoms with van der Waals surface area (Å²) in [6.45, 7) is 5.48. The molecule has 0 aromatic carbocycles. The molecule has 2 rings (SSSR count). The highest BCUT2D eigenvalue weighted by molar-refractivity contribution is 7.15. The van der Waals surface area contributed by atoms with Gasteiger partial charge in [-0.3, -0.25) is 4.40 Å². The van der Waals surface area contributed by atoms with Gasteiger partial charge in [0.15, 0.2) is 4.96 Å². The van der Waals surface area contributed by atoms with Crippen LogP contribution in [-0.4, -0.2) is 15.9 Å². The van der Waals surface area contributed by atoms with E-state index in [4.69, 9.17) is 0 Å². The van der Waals surface area contributed by atoms with Gasteiger partial charge >= 0.3 is 0 Å². The maximum absolute atomic E-state index is 4.46. The van der Waals surface area contributed by atoms with Crippen LogP contribution >= 0.6 is 11.3 Å². The predicted molar refractivity (Wildman–Crippen MR) is 59.6 cm³/mol. The van der Waals surface area contributed by atoms with Gasteiger partial charge in [-0.25, -0.2) is 4.98 Å². The van der Waals surface area contributed by atoms with E-state index in [-0.39, 0.29) is 0 Å². The molecule has 2 aromatic rings. The molecule has 0 bridgehead atoms. The van der Waals surface area contributed by atoms with Gasteiger partial charge in [0, 0.05) is 24.3 Å². The number of hydrogen-bond donors (Lipinski definition) is 1. The summed E-state index contributed by atoms with van der Waals surface area (Å²) >= 11 is 1.66. The Balaban J connectivity index is 1.91. The molecule has 4 heteroatoms. The maximum Gasteiger partial charge on any atom is 0.193 e. The molecule has 0 aliphatic heterocycles. The highest BCUT2D eigenvalue weighted by Crippen LogP contribution is 2.10. The summed E-state index contributed by atoms with van der Waals surface area (Å²) in [5, 5.41) is 5.35. The van der Waals surface area contributed by atoms with Crippen LogP contribution in [0, 0.1) is 0 Å². The van der Waals surface area contributed by atoms with Crippen molar-refractivity contribution in [2.75, 3.05) is 6.54 Å². The molecule has 0 amide bonds. The monoisotopic (exact) mass is 207 g/mol. The molecular weight excluding hydrogens is 194 g/mol. The first kappa shape index (κ1) is 9.43. The van der Waals surface area contributed by atoms with E-state index in [0.29, 0.717) is 0 Å². The molecule has 0 fully saturated rings. The van der Waals surface area contributed by atoms with Crippen molar-refractivity contribution in [3.63, 3.8) is 0 Å². The summed E-state index contributed by atoms with van der Waals surface area (Å²) in [5.74, 6) is 0. The Hall–Kier alpha value is -1.13. The minimum absolute atomic E-state index is 0.836. The smallest absolute Gasteiger partial charge is 0.193 e. The van der Waals surface area contributed by atoms with Crippen molar-refractivity contribution >= 4 is 16.3 Å². The van der Waals surface area contributed by atoms with Crippen LogP contribution in [0.3, 0.4) is 0 Å². The molecule has 74 valence electrons. The lowest BCUT2D eigenvalue weighted by molar-refractivity contribution is 0.686. The van der Waals surface area contributed by atoms with Crippen molar-refractivity contribution in [3.8, 4) is 0 Å². The van der Waals surface area contributed by atoms with Gasteiger partial charge in [-0.1, -0.05) is 6.08 Å². The van der Waals surface area contributed by atoms with Gasteiger partial charge < -0.3 is 5.32 Å². The van der Waals surface area contributed by atoms with Crippen LogP contribution in [0.15, 0.2) is 30.4 Å². The highest BCUT2D eigenvalue weighted by Gasteiger charge is 2.00. The van der Waals surface area contributed by atoms with Gasteiger partial charge in [0.25, 0.3) is 0 Å². The number of rotatable bonds is 5. The van der Waals surface area contributed by atoms with Crippen molar-refractivity contribution in [2.24, 2.45) is 0 Å². The van der Waals surface area contributed by atoms with Crippen LogP contribution in [0.1, 0.15) is 12.1 Å². The fourth-order valence-corrected chi connectivity index (χ4v) is 2.00. The second-order valence-electron chi connectivity index (χ2n) is 3.08. The molecule has 0 atom stereocenters. The molecule has 0 aliphatic carbocycles. The van der Waals surface area contributed by atoms with Crippen molar-refractivity contribution in [2.45, 2.75) is 13.0 Å². The molecule has 1 N–H and O–H groups in total. The lowest BCUT2D eigenvalue weighted by atomic mass is 10.4. The van der Waals surface area contributed by atoms with Gasteiger partial charge in [0.1, 0.15) is 0 Å². The molecule has 2 aromatic heterocycles. The van der Waals surface area contributed by atoms with Gasteiger partial charge in [0.2, 0.25) is 0 Å². The minimum Gasteiger partial charge on any atom is -0.311 e. The third-order valence-electron chi connectivity index (χ3n) is 1.97. The quantitative estimate of drug-likeness (QED) is 0.600. The first-order valence-corrected chi connectivity index (χ1v) is 5.51. The summed E-state index contributed by atoms with van der Waals surface area (Å²) in [6, 6.07) is 0. The lowest BCUT2D eigenvalue weighted by Gasteiger charge is -1.97. The van der Waals surface area contributed by atoms with Crippen LogP contribution in [-0.2, 0) is 6.54 Å². The zero-order valence-electron chi connectivity index (χ0n) is 7.94. The van der Waals surface area contributed by atoms with E-state index < -0.39 is 0 Å². The zero-order chi connectivity index (χ0) is 9.80. The topological polar surface area (TPSA) is 29.3 Å². The van der Waals surface area contributed by atoms with Crippen molar-refractivity contribution in [1.29, 1.82) is 0 Å². The second-order valence-corrected chi connectivity index (χ2v) is 3.95. The molecule has 0 radical (unpaired) electrons. The molecule has 14 heavy (non-hydrogen) atoms. The second kappa shape index (κ2) is 4.39. The predicted octanol–water partition coefficient (Wildman–Crippen LogP) is 2.06. The molecule has 3 nitrogen and oxygen atoms in total. The van der Waals surface area contributed by atoms with E-state index in [1.54, 1.807) is 11.3 Å². The van der Waals surface area contributed by atoms with Crippen LogP contribution in [0.5, 0.6) is 0 Å². The Bertz CT molecular complexity index is 387. The normalized spacial score (nSPS) is 10.9. The van der Waals surface area contributed by atoms with E-state index in [1.165, 1.54) is 0 Å². The minimum atomic E-state index is 0.836. The SMILES string of the molecule is C=CCCNCc1cn2ccsc2n1. The number of nitrogens with one attached hydrogen (secondary N) is 1. The number of thiazole rings is 1. The fraction of sp³-hybridized carbons (Fsp3) is 0.300. The van der Waals surface area contributed by atoms with Crippen LogP contribution in [0.4, 0.5) is 0 Å². The first-order chi connectivity index (χ1) is 6.90. The number of hydrogen-bond acceptors (Lipinski definition) is 3.